The Morgan fingerprint density at radius 2 is 1.36 bits per heavy atom. The number of benzene rings is 3. The van der Waals surface area contributed by atoms with Gasteiger partial charge in [-0.25, -0.2) is 0 Å². The van der Waals surface area contributed by atoms with Crippen molar-refractivity contribution in [3.8, 4) is 0 Å². The normalized spacial score (nSPS) is 14.9. The van der Waals surface area contributed by atoms with Crippen molar-refractivity contribution in [3.63, 3.8) is 0 Å². The van der Waals surface area contributed by atoms with Crippen LogP contribution >= 0.6 is 0 Å². The molecular weight excluding hydrogens is 306 g/mol. The highest BCUT2D eigenvalue weighted by Gasteiger charge is 2.21. The van der Waals surface area contributed by atoms with Crippen molar-refractivity contribution in [1.29, 1.82) is 0 Å². The fraction of sp³-hybridized carbons (Fsp3) is 0.0909. The molecule has 3 heterocycles. The molecule has 3 heteroatoms. The molecule has 25 heavy (non-hydrogen) atoms. The highest BCUT2D eigenvalue weighted by Crippen LogP contribution is 2.42. The van der Waals surface area contributed by atoms with E-state index >= 15 is 0 Å². The third-order valence-corrected chi connectivity index (χ3v) is 5.41. The smallest absolute Gasteiger partial charge is 0.0939 e. The molecule has 5 aromatic rings. The van der Waals surface area contributed by atoms with Crippen LogP contribution in [0.15, 0.2) is 73.1 Å². The second-order valence-electron chi connectivity index (χ2n) is 6.89. The van der Waals surface area contributed by atoms with Crippen molar-refractivity contribution in [3.05, 3.63) is 73.1 Å². The van der Waals surface area contributed by atoms with Crippen LogP contribution in [0, 0.1) is 0 Å². The Kier molecular flexibility index (Phi) is 2.34. The van der Waals surface area contributed by atoms with Crippen molar-refractivity contribution >= 4 is 43.8 Å². The highest BCUT2D eigenvalue weighted by molar-refractivity contribution is 6.24. The average molecular weight is 323 g/mol. The molecule has 0 saturated heterocycles. The minimum Gasteiger partial charge on any atom is -0.361 e. The van der Waals surface area contributed by atoms with Crippen LogP contribution in [-0.4, -0.2) is 23.0 Å². The number of rotatable bonds is 1. The zero-order valence-electron chi connectivity index (χ0n) is 14.0. The molecule has 3 nitrogen and oxygen atoms in total. The predicted molar refractivity (Wildman–Crippen MR) is 105 cm³/mol. The number of nitrogens with zero attached hydrogens (tertiary/aromatic N) is 3. The molecule has 0 bridgehead atoms. The van der Waals surface area contributed by atoms with E-state index in [1.54, 1.807) is 0 Å². The van der Waals surface area contributed by atoms with Gasteiger partial charge in [0.15, 0.2) is 0 Å². The van der Waals surface area contributed by atoms with Gasteiger partial charge < -0.3 is 14.2 Å². The molecule has 0 atom stereocenters. The predicted octanol–water partition coefficient (Wildman–Crippen LogP) is 5.02. The summed E-state index contributed by atoms with van der Waals surface area (Å²) in [6, 6.07) is 22.1. The van der Waals surface area contributed by atoms with Gasteiger partial charge in [-0.3, -0.25) is 0 Å². The van der Waals surface area contributed by atoms with Gasteiger partial charge >= 0.3 is 0 Å². The lowest BCUT2D eigenvalue weighted by atomic mass is 10.1. The maximum Gasteiger partial charge on any atom is 0.0939 e. The lowest BCUT2D eigenvalue weighted by Gasteiger charge is -2.19. The van der Waals surface area contributed by atoms with E-state index in [0.717, 1.165) is 6.67 Å². The maximum atomic E-state index is 2.46. The monoisotopic (exact) mass is 323 g/mol. The Bertz CT molecular complexity index is 1290. The molecule has 1 aliphatic heterocycles. The molecule has 1 aliphatic rings. The summed E-state index contributed by atoms with van der Waals surface area (Å²) in [4.78, 5) is 4.52. The molecule has 0 fully saturated rings. The molecular formula is C22H17N3. The third kappa shape index (κ3) is 1.55. The molecule has 0 unspecified atom stereocenters. The number of hydrogen-bond acceptors (Lipinski definition) is 2. The summed E-state index contributed by atoms with van der Waals surface area (Å²) < 4.78 is 2.46. The van der Waals surface area contributed by atoms with Crippen LogP contribution in [0.4, 0.5) is 5.69 Å². The first-order chi connectivity index (χ1) is 12.3. The standard InChI is InChI=1S/C22H17N3/c1-23-12-13-24(14-23)20-11-5-9-18-17-8-4-7-16-15-6-2-3-10-19(15)25(21(16)17)22(18)20/h2-13H,14H2,1H3. The molecule has 0 aliphatic carbocycles. The van der Waals surface area contributed by atoms with Crippen LogP contribution < -0.4 is 4.90 Å². The van der Waals surface area contributed by atoms with Gasteiger partial charge in [-0.2, -0.15) is 0 Å². The highest BCUT2D eigenvalue weighted by atomic mass is 15.3. The quantitative estimate of drug-likeness (QED) is 0.429. The second-order valence-corrected chi connectivity index (χ2v) is 6.89. The van der Waals surface area contributed by atoms with Gasteiger partial charge in [-0.15, -0.1) is 0 Å². The van der Waals surface area contributed by atoms with E-state index in [1.807, 2.05) is 0 Å². The van der Waals surface area contributed by atoms with Crippen molar-refractivity contribution < 1.29 is 0 Å². The Hall–Kier alpha value is -3.20. The number of fused-ring (bicyclic) bond motifs is 6. The maximum absolute atomic E-state index is 2.46. The Balaban J connectivity index is 1.87. The average Bonchev–Trinajstić information content (AvgIpc) is 3.32. The first kappa shape index (κ1) is 13.1. The van der Waals surface area contributed by atoms with Gasteiger partial charge in [0.1, 0.15) is 0 Å². The first-order valence-corrected chi connectivity index (χ1v) is 8.64. The SMILES string of the molecule is CN1C=CN(c2cccc3c4cccc5c6ccccc6n(c23)c54)C1. The summed E-state index contributed by atoms with van der Waals surface area (Å²) in [7, 11) is 2.11. The van der Waals surface area contributed by atoms with Crippen LogP contribution in [-0.2, 0) is 0 Å². The van der Waals surface area contributed by atoms with Crippen molar-refractivity contribution in [2.45, 2.75) is 0 Å². The summed E-state index contributed by atoms with van der Waals surface area (Å²) in [5.41, 5.74) is 5.18. The Morgan fingerprint density at radius 1 is 0.680 bits per heavy atom. The van der Waals surface area contributed by atoms with Gasteiger partial charge in [0, 0.05) is 41.0 Å². The van der Waals surface area contributed by atoms with E-state index in [-0.39, 0.29) is 0 Å². The largest absolute Gasteiger partial charge is 0.361 e. The molecule has 6 rings (SSSR count). The van der Waals surface area contributed by atoms with E-state index < -0.39 is 0 Å². The lowest BCUT2D eigenvalue weighted by Crippen LogP contribution is -2.21. The van der Waals surface area contributed by atoms with Crippen LogP contribution in [0.2, 0.25) is 0 Å². The lowest BCUT2D eigenvalue weighted by molar-refractivity contribution is 0.496. The van der Waals surface area contributed by atoms with E-state index in [2.05, 4.69) is 94.3 Å². The minimum absolute atomic E-state index is 0.884. The van der Waals surface area contributed by atoms with E-state index in [0.29, 0.717) is 0 Å². The molecule has 0 spiro atoms. The fourth-order valence-corrected chi connectivity index (χ4v) is 4.37. The van der Waals surface area contributed by atoms with Crippen LogP contribution in [0.3, 0.4) is 0 Å². The summed E-state index contributed by atoms with van der Waals surface area (Å²) >= 11 is 0. The molecule has 0 N–H and O–H groups in total. The Labute approximate surface area is 145 Å². The molecule has 3 aromatic carbocycles. The van der Waals surface area contributed by atoms with E-state index in [9.17, 15) is 0 Å². The van der Waals surface area contributed by atoms with Gasteiger partial charge in [-0.1, -0.05) is 48.5 Å². The molecule has 0 saturated carbocycles. The molecule has 0 radical (unpaired) electrons. The van der Waals surface area contributed by atoms with Crippen molar-refractivity contribution in [1.82, 2.24) is 9.30 Å². The molecule has 2 aromatic heterocycles. The van der Waals surface area contributed by atoms with Crippen LogP contribution in [0.1, 0.15) is 0 Å². The zero-order valence-corrected chi connectivity index (χ0v) is 14.0. The van der Waals surface area contributed by atoms with E-state index in [4.69, 9.17) is 0 Å². The van der Waals surface area contributed by atoms with Gasteiger partial charge in [0.2, 0.25) is 0 Å². The molecule has 0 amide bonds. The summed E-state index contributed by atoms with van der Waals surface area (Å²) in [6.45, 7) is 0.884. The van der Waals surface area contributed by atoms with Crippen LogP contribution in [0.5, 0.6) is 0 Å². The number of para-hydroxylation sites is 3. The first-order valence-electron chi connectivity index (χ1n) is 8.64. The number of hydrogen-bond donors (Lipinski definition) is 0. The van der Waals surface area contributed by atoms with E-state index in [1.165, 1.54) is 43.8 Å². The topological polar surface area (TPSA) is 10.9 Å². The number of anilines is 1. The summed E-state index contributed by atoms with van der Waals surface area (Å²) in [6.07, 6.45) is 4.30. The van der Waals surface area contributed by atoms with Crippen molar-refractivity contribution in [2.24, 2.45) is 0 Å². The third-order valence-electron chi connectivity index (χ3n) is 5.41. The summed E-state index contributed by atoms with van der Waals surface area (Å²) in [5, 5.41) is 5.33. The second kappa shape index (κ2) is 4.45. The van der Waals surface area contributed by atoms with Gasteiger partial charge in [0.25, 0.3) is 0 Å². The van der Waals surface area contributed by atoms with Crippen LogP contribution in [0.25, 0.3) is 38.1 Å². The number of aromatic nitrogens is 1. The minimum atomic E-state index is 0.884. The zero-order chi connectivity index (χ0) is 16.5. The summed E-state index contributed by atoms with van der Waals surface area (Å²) in [5.74, 6) is 0. The molecule has 120 valence electrons. The Morgan fingerprint density at radius 3 is 2.16 bits per heavy atom. The van der Waals surface area contributed by atoms with Gasteiger partial charge in [-0.05, 0) is 12.1 Å². The fourth-order valence-electron chi connectivity index (χ4n) is 4.37. The van der Waals surface area contributed by atoms with Gasteiger partial charge in [0.05, 0.1) is 28.9 Å². The van der Waals surface area contributed by atoms with Crippen molar-refractivity contribution in [2.75, 3.05) is 18.6 Å².